The van der Waals surface area contributed by atoms with E-state index in [0.29, 0.717) is 47.4 Å². The summed E-state index contributed by atoms with van der Waals surface area (Å²) in [5, 5.41) is 11.4. The van der Waals surface area contributed by atoms with Crippen LogP contribution in [0.25, 0.3) is 0 Å². The van der Waals surface area contributed by atoms with Gasteiger partial charge in [-0.1, -0.05) is 34.4 Å². The Balaban J connectivity index is 1.97. The van der Waals surface area contributed by atoms with Gasteiger partial charge in [0.2, 0.25) is 5.89 Å². The van der Waals surface area contributed by atoms with Crippen LogP contribution < -0.4 is 10.6 Å². The van der Waals surface area contributed by atoms with Crippen molar-refractivity contribution in [2.75, 3.05) is 13.2 Å². The molecule has 1 atom stereocenters. The molecule has 0 amide bonds. The minimum absolute atomic E-state index is 0.202. The minimum atomic E-state index is -0.202. The van der Waals surface area contributed by atoms with Gasteiger partial charge in [0.25, 0.3) is 0 Å². The Hall–Kier alpha value is -1.83. The van der Waals surface area contributed by atoms with Crippen LogP contribution in [-0.4, -0.2) is 29.3 Å². The first-order valence-corrected chi connectivity index (χ1v) is 9.19. The minimum Gasteiger partial charge on any atom is -0.371 e. The van der Waals surface area contributed by atoms with Crippen molar-refractivity contribution in [1.82, 2.24) is 20.8 Å². The molecule has 2 aromatic rings. The van der Waals surface area contributed by atoms with Gasteiger partial charge in [-0.25, -0.2) is 4.99 Å². The Bertz CT molecular complexity index is 736. The van der Waals surface area contributed by atoms with E-state index in [0.717, 1.165) is 12.1 Å². The van der Waals surface area contributed by atoms with E-state index in [4.69, 9.17) is 32.5 Å². The molecule has 2 rings (SSSR count). The van der Waals surface area contributed by atoms with Gasteiger partial charge in [0.05, 0.1) is 13.1 Å². The summed E-state index contributed by atoms with van der Waals surface area (Å²) in [5.41, 5.74) is 0.888. The maximum Gasteiger partial charge on any atom is 0.246 e. The van der Waals surface area contributed by atoms with Gasteiger partial charge in [0.15, 0.2) is 11.8 Å². The molecule has 142 valence electrons. The molecule has 0 aliphatic rings. The van der Waals surface area contributed by atoms with Crippen LogP contribution in [0.1, 0.15) is 44.2 Å². The Morgan fingerprint density at radius 2 is 2.12 bits per heavy atom. The predicted molar refractivity (Wildman–Crippen MR) is 102 cm³/mol. The maximum absolute atomic E-state index is 6.18. The number of guanidine groups is 1. The molecule has 1 heterocycles. The third kappa shape index (κ3) is 6.16. The van der Waals surface area contributed by atoms with Gasteiger partial charge in [-0.15, -0.1) is 0 Å². The second-order valence-electron chi connectivity index (χ2n) is 5.43. The zero-order valence-electron chi connectivity index (χ0n) is 15.1. The molecule has 0 bridgehead atoms. The summed E-state index contributed by atoms with van der Waals surface area (Å²) in [4.78, 5) is 8.83. The smallest absolute Gasteiger partial charge is 0.246 e. The van der Waals surface area contributed by atoms with E-state index >= 15 is 0 Å². The highest BCUT2D eigenvalue weighted by atomic mass is 35.5. The van der Waals surface area contributed by atoms with Crippen molar-refractivity contribution in [2.24, 2.45) is 4.99 Å². The lowest BCUT2D eigenvalue weighted by Crippen LogP contribution is -2.36. The molecule has 1 aromatic heterocycles. The number of benzene rings is 1. The quantitative estimate of drug-likeness (QED) is 0.519. The number of rotatable bonds is 8. The summed E-state index contributed by atoms with van der Waals surface area (Å²) < 4.78 is 10.7. The third-order valence-electron chi connectivity index (χ3n) is 3.44. The SMILES string of the molecule is CCNC(=NCc1ccc(Cl)cc1Cl)NCc1nc(C(C)OCC)no1. The van der Waals surface area contributed by atoms with Gasteiger partial charge >= 0.3 is 0 Å². The van der Waals surface area contributed by atoms with Crippen LogP contribution in [0.15, 0.2) is 27.7 Å². The van der Waals surface area contributed by atoms with Crippen molar-refractivity contribution in [3.63, 3.8) is 0 Å². The van der Waals surface area contributed by atoms with Gasteiger partial charge < -0.3 is 19.9 Å². The summed E-state index contributed by atoms with van der Waals surface area (Å²) in [7, 11) is 0. The van der Waals surface area contributed by atoms with Crippen LogP contribution in [0.3, 0.4) is 0 Å². The van der Waals surface area contributed by atoms with Gasteiger partial charge in [0.1, 0.15) is 6.10 Å². The number of nitrogens with zero attached hydrogens (tertiary/aromatic N) is 3. The van der Waals surface area contributed by atoms with Crippen molar-refractivity contribution >= 4 is 29.2 Å². The van der Waals surface area contributed by atoms with Gasteiger partial charge in [-0.2, -0.15) is 4.98 Å². The zero-order chi connectivity index (χ0) is 18.9. The number of halogens is 2. The van der Waals surface area contributed by atoms with Crippen LogP contribution in [0.5, 0.6) is 0 Å². The summed E-state index contributed by atoms with van der Waals surface area (Å²) >= 11 is 12.1. The van der Waals surface area contributed by atoms with Crippen molar-refractivity contribution in [1.29, 1.82) is 0 Å². The summed E-state index contributed by atoms with van der Waals surface area (Å²) in [6, 6.07) is 5.35. The van der Waals surface area contributed by atoms with E-state index in [1.165, 1.54) is 0 Å². The number of hydrogen-bond donors (Lipinski definition) is 2. The molecule has 0 fully saturated rings. The molecule has 9 heteroatoms. The lowest BCUT2D eigenvalue weighted by atomic mass is 10.2. The van der Waals surface area contributed by atoms with E-state index in [2.05, 4.69) is 25.8 Å². The van der Waals surface area contributed by atoms with E-state index in [-0.39, 0.29) is 6.10 Å². The fourth-order valence-corrected chi connectivity index (χ4v) is 2.61. The maximum atomic E-state index is 6.18. The first-order valence-electron chi connectivity index (χ1n) is 8.43. The normalized spacial score (nSPS) is 12.9. The van der Waals surface area contributed by atoms with Crippen LogP contribution in [-0.2, 0) is 17.8 Å². The lowest BCUT2D eigenvalue weighted by Gasteiger charge is -2.10. The molecule has 0 spiro atoms. The molecule has 0 radical (unpaired) electrons. The largest absolute Gasteiger partial charge is 0.371 e. The van der Waals surface area contributed by atoms with Crippen molar-refractivity contribution in [3.05, 3.63) is 45.5 Å². The van der Waals surface area contributed by atoms with Crippen molar-refractivity contribution in [2.45, 2.75) is 40.0 Å². The molecule has 0 aliphatic heterocycles. The molecular weight excluding hydrogens is 377 g/mol. The second kappa shape index (κ2) is 10.4. The summed E-state index contributed by atoms with van der Waals surface area (Å²) in [6.07, 6.45) is -0.202. The highest BCUT2D eigenvalue weighted by Crippen LogP contribution is 2.21. The van der Waals surface area contributed by atoms with Gasteiger partial charge in [-0.05, 0) is 38.5 Å². The number of aliphatic imine (C=N–C) groups is 1. The topological polar surface area (TPSA) is 84.6 Å². The Kier molecular flexibility index (Phi) is 8.15. The van der Waals surface area contributed by atoms with Gasteiger partial charge in [-0.3, -0.25) is 0 Å². The molecule has 7 nitrogen and oxygen atoms in total. The lowest BCUT2D eigenvalue weighted by molar-refractivity contribution is 0.0683. The summed E-state index contributed by atoms with van der Waals surface area (Å²) in [5.74, 6) is 1.61. The average molecular weight is 400 g/mol. The fraction of sp³-hybridized carbons (Fsp3) is 0.471. The second-order valence-corrected chi connectivity index (χ2v) is 6.27. The standard InChI is InChI=1S/C17H23Cl2N5O2/c1-4-20-17(21-9-12-6-7-13(18)8-14(12)19)22-10-15-23-16(24-26-15)11(3)25-5-2/h6-8,11H,4-5,9-10H2,1-3H3,(H2,20,21,22). The van der Waals surface area contributed by atoms with E-state index in [1.807, 2.05) is 26.8 Å². The van der Waals surface area contributed by atoms with E-state index < -0.39 is 0 Å². The van der Waals surface area contributed by atoms with Crippen LogP contribution in [0.4, 0.5) is 0 Å². The third-order valence-corrected chi connectivity index (χ3v) is 4.02. The summed E-state index contributed by atoms with van der Waals surface area (Å²) in [6.45, 7) is 7.87. The zero-order valence-corrected chi connectivity index (χ0v) is 16.6. The first-order chi connectivity index (χ1) is 12.5. The molecule has 2 N–H and O–H groups in total. The van der Waals surface area contributed by atoms with E-state index in [1.54, 1.807) is 12.1 Å². The predicted octanol–water partition coefficient (Wildman–Crippen LogP) is 3.73. The molecule has 1 unspecified atom stereocenters. The highest BCUT2D eigenvalue weighted by Gasteiger charge is 2.13. The molecule has 1 aromatic carbocycles. The Morgan fingerprint density at radius 1 is 1.31 bits per heavy atom. The fourth-order valence-electron chi connectivity index (χ4n) is 2.14. The monoisotopic (exact) mass is 399 g/mol. The number of nitrogens with one attached hydrogen (secondary N) is 2. The number of hydrogen-bond acceptors (Lipinski definition) is 5. The van der Waals surface area contributed by atoms with Gasteiger partial charge in [0, 0.05) is 23.2 Å². The first kappa shape index (κ1) is 20.5. The van der Waals surface area contributed by atoms with Crippen LogP contribution in [0, 0.1) is 0 Å². The number of aromatic nitrogens is 2. The van der Waals surface area contributed by atoms with Crippen molar-refractivity contribution in [3.8, 4) is 0 Å². The average Bonchev–Trinajstić information content (AvgIpc) is 3.08. The van der Waals surface area contributed by atoms with Crippen LogP contribution >= 0.6 is 23.2 Å². The molecule has 0 saturated heterocycles. The van der Waals surface area contributed by atoms with Crippen molar-refractivity contribution < 1.29 is 9.26 Å². The molecular formula is C17H23Cl2N5O2. The Labute approximate surface area is 163 Å². The molecule has 26 heavy (non-hydrogen) atoms. The Morgan fingerprint density at radius 3 is 2.81 bits per heavy atom. The number of ether oxygens (including phenoxy) is 1. The van der Waals surface area contributed by atoms with E-state index in [9.17, 15) is 0 Å². The highest BCUT2D eigenvalue weighted by molar-refractivity contribution is 6.35. The van der Waals surface area contributed by atoms with Crippen LogP contribution in [0.2, 0.25) is 10.0 Å². The molecule has 0 aliphatic carbocycles. The molecule has 0 saturated carbocycles.